The number of halogens is 1. The second kappa shape index (κ2) is 6.91. The van der Waals surface area contributed by atoms with E-state index < -0.39 is 18.0 Å². The minimum atomic E-state index is -1.44. The number of thioether (sulfide) groups is 1. The van der Waals surface area contributed by atoms with Crippen LogP contribution in [0.2, 0.25) is 5.02 Å². The molecule has 0 saturated carbocycles. The van der Waals surface area contributed by atoms with Crippen LogP contribution in [0.15, 0.2) is 12.1 Å². The summed E-state index contributed by atoms with van der Waals surface area (Å²) in [6.07, 6.45) is -2.31. The normalized spacial score (nSPS) is 13.9. The first kappa shape index (κ1) is 16.0. The fourth-order valence-electron chi connectivity index (χ4n) is 1.46. The van der Waals surface area contributed by atoms with Crippen molar-refractivity contribution in [3.63, 3.8) is 0 Å². The second-order valence-electron chi connectivity index (χ2n) is 3.87. The topological polar surface area (TPSA) is 94.8 Å². The van der Waals surface area contributed by atoms with Crippen LogP contribution < -0.4 is 0 Å². The van der Waals surface area contributed by atoms with Gasteiger partial charge in [0.2, 0.25) is 0 Å². The van der Waals surface area contributed by atoms with E-state index in [-0.39, 0.29) is 27.0 Å². The Labute approximate surface area is 119 Å². The zero-order chi connectivity index (χ0) is 14.6. The Bertz CT molecular complexity index is 491. The molecule has 0 spiro atoms. The van der Waals surface area contributed by atoms with Crippen LogP contribution in [0.5, 0.6) is 5.75 Å². The molecular formula is C12H13ClO5S. The van der Waals surface area contributed by atoms with Gasteiger partial charge in [-0.3, -0.25) is 9.59 Å². The number of aliphatic hydroxyl groups is 2. The number of aliphatic hydroxyl groups excluding tert-OH is 2. The summed E-state index contributed by atoms with van der Waals surface area (Å²) in [6.45, 7) is 1.34. The minimum absolute atomic E-state index is 0.0289. The van der Waals surface area contributed by atoms with Gasteiger partial charge in [-0.15, -0.1) is 0 Å². The number of aromatic hydroxyl groups is 1. The van der Waals surface area contributed by atoms with Crippen molar-refractivity contribution in [1.82, 2.24) is 0 Å². The van der Waals surface area contributed by atoms with Crippen LogP contribution in [0.3, 0.4) is 0 Å². The lowest BCUT2D eigenvalue weighted by atomic mass is 10.0. The lowest BCUT2D eigenvalue weighted by Crippen LogP contribution is -2.21. The molecule has 1 aromatic rings. The van der Waals surface area contributed by atoms with E-state index in [2.05, 4.69) is 0 Å². The zero-order valence-electron chi connectivity index (χ0n) is 10.0. The Kier molecular flexibility index (Phi) is 5.81. The number of rotatable bonds is 5. The van der Waals surface area contributed by atoms with E-state index >= 15 is 0 Å². The summed E-state index contributed by atoms with van der Waals surface area (Å²) in [4.78, 5) is 21.5. The largest absolute Gasteiger partial charge is 0.507 e. The summed E-state index contributed by atoms with van der Waals surface area (Å²) >= 11 is 6.60. The van der Waals surface area contributed by atoms with Crippen molar-refractivity contribution in [2.75, 3.05) is 5.75 Å². The van der Waals surface area contributed by atoms with E-state index in [1.807, 2.05) is 0 Å². The molecule has 1 aromatic carbocycles. The molecule has 0 radical (unpaired) electrons. The van der Waals surface area contributed by atoms with Crippen LogP contribution in [0.4, 0.5) is 0 Å². The highest BCUT2D eigenvalue weighted by Gasteiger charge is 2.24. The summed E-state index contributed by atoms with van der Waals surface area (Å²) in [6, 6.07) is 2.51. The highest BCUT2D eigenvalue weighted by atomic mass is 35.5. The summed E-state index contributed by atoms with van der Waals surface area (Å²) < 4.78 is 0. The van der Waals surface area contributed by atoms with Crippen LogP contribution in [0.1, 0.15) is 28.9 Å². The van der Waals surface area contributed by atoms with Crippen molar-refractivity contribution in [3.8, 4) is 5.75 Å². The SMILES string of the molecule is CC(=O)SCC(O)C(O)c1cc(Cl)cc(C=O)c1O. The highest BCUT2D eigenvalue weighted by molar-refractivity contribution is 8.13. The van der Waals surface area contributed by atoms with Crippen molar-refractivity contribution < 1.29 is 24.9 Å². The predicted molar refractivity (Wildman–Crippen MR) is 72.6 cm³/mol. The molecule has 5 nitrogen and oxygen atoms in total. The zero-order valence-corrected chi connectivity index (χ0v) is 11.6. The first-order valence-electron chi connectivity index (χ1n) is 5.34. The Morgan fingerprint density at radius 1 is 1.47 bits per heavy atom. The highest BCUT2D eigenvalue weighted by Crippen LogP contribution is 2.33. The average Bonchev–Trinajstić information content (AvgIpc) is 2.37. The maximum atomic E-state index is 10.8. The van der Waals surface area contributed by atoms with Gasteiger partial charge < -0.3 is 15.3 Å². The molecule has 3 N–H and O–H groups in total. The molecule has 0 saturated heterocycles. The molecule has 7 heteroatoms. The van der Waals surface area contributed by atoms with Gasteiger partial charge in [0.15, 0.2) is 11.4 Å². The third-order valence-electron chi connectivity index (χ3n) is 2.40. The number of aldehydes is 1. The number of benzene rings is 1. The molecule has 0 fully saturated rings. The molecule has 1 rings (SSSR count). The molecule has 104 valence electrons. The van der Waals surface area contributed by atoms with Gasteiger partial charge in [-0.25, -0.2) is 0 Å². The van der Waals surface area contributed by atoms with Crippen molar-refractivity contribution in [2.45, 2.75) is 19.1 Å². The number of hydrogen-bond acceptors (Lipinski definition) is 6. The molecule has 0 aliphatic heterocycles. The van der Waals surface area contributed by atoms with E-state index in [0.29, 0.717) is 6.29 Å². The third kappa shape index (κ3) is 4.21. The first-order chi connectivity index (χ1) is 8.86. The molecule has 2 atom stereocenters. The standard InChI is InChI=1S/C12H13ClO5S/c1-6(15)19-5-10(16)12(18)9-3-8(13)2-7(4-14)11(9)17/h2-4,10,12,16-18H,5H2,1H3. The Hall–Kier alpha value is -1.08. The monoisotopic (exact) mass is 304 g/mol. The number of hydrogen-bond donors (Lipinski definition) is 3. The maximum Gasteiger partial charge on any atom is 0.185 e. The van der Waals surface area contributed by atoms with Gasteiger partial charge in [-0.2, -0.15) is 0 Å². The molecule has 19 heavy (non-hydrogen) atoms. The number of phenolic OH excluding ortho intramolecular Hbond substituents is 1. The van der Waals surface area contributed by atoms with Gasteiger partial charge in [0.1, 0.15) is 11.9 Å². The first-order valence-corrected chi connectivity index (χ1v) is 6.70. The van der Waals surface area contributed by atoms with Crippen molar-refractivity contribution in [1.29, 1.82) is 0 Å². The number of carbonyl (C=O) groups is 2. The number of phenols is 1. The van der Waals surface area contributed by atoms with E-state index in [4.69, 9.17) is 11.6 Å². The summed E-state index contributed by atoms with van der Waals surface area (Å²) in [7, 11) is 0. The lowest BCUT2D eigenvalue weighted by molar-refractivity contribution is -0.109. The van der Waals surface area contributed by atoms with Gasteiger partial charge in [0.05, 0.1) is 11.7 Å². The van der Waals surface area contributed by atoms with Crippen LogP contribution in [-0.2, 0) is 4.79 Å². The van der Waals surface area contributed by atoms with Crippen LogP contribution in [-0.4, -0.2) is 38.6 Å². The van der Waals surface area contributed by atoms with Gasteiger partial charge in [0.25, 0.3) is 0 Å². The molecule has 0 aromatic heterocycles. The quantitative estimate of drug-likeness (QED) is 0.714. The summed E-state index contributed by atoms with van der Waals surface area (Å²) in [5.41, 5.74) is -0.126. The van der Waals surface area contributed by atoms with Crippen LogP contribution in [0, 0.1) is 0 Å². The molecule has 0 amide bonds. The smallest absolute Gasteiger partial charge is 0.185 e. The fraction of sp³-hybridized carbons (Fsp3) is 0.333. The second-order valence-corrected chi connectivity index (χ2v) is 5.50. The number of carbonyl (C=O) groups excluding carboxylic acids is 2. The average molecular weight is 305 g/mol. The van der Waals surface area contributed by atoms with Crippen LogP contribution in [0.25, 0.3) is 0 Å². The van der Waals surface area contributed by atoms with Gasteiger partial charge in [-0.05, 0) is 12.1 Å². The van der Waals surface area contributed by atoms with Crippen molar-refractivity contribution in [2.24, 2.45) is 0 Å². The van der Waals surface area contributed by atoms with E-state index in [0.717, 1.165) is 11.8 Å². The predicted octanol–water partition coefficient (Wildman–Crippen LogP) is 1.53. The third-order valence-corrected chi connectivity index (χ3v) is 3.53. The molecule has 0 aliphatic carbocycles. The summed E-state index contributed by atoms with van der Waals surface area (Å²) in [5.74, 6) is -0.461. The van der Waals surface area contributed by atoms with Crippen molar-refractivity contribution in [3.05, 3.63) is 28.3 Å². The molecular weight excluding hydrogens is 292 g/mol. The van der Waals surface area contributed by atoms with E-state index in [1.165, 1.54) is 19.1 Å². The van der Waals surface area contributed by atoms with Crippen LogP contribution >= 0.6 is 23.4 Å². The Morgan fingerprint density at radius 3 is 2.63 bits per heavy atom. The molecule has 0 bridgehead atoms. The Balaban J connectivity index is 2.98. The van der Waals surface area contributed by atoms with E-state index in [9.17, 15) is 24.9 Å². The minimum Gasteiger partial charge on any atom is -0.507 e. The van der Waals surface area contributed by atoms with E-state index in [1.54, 1.807) is 0 Å². The van der Waals surface area contributed by atoms with Crippen molar-refractivity contribution >= 4 is 34.8 Å². The Morgan fingerprint density at radius 2 is 2.11 bits per heavy atom. The summed E-state index contributed by atoms with van der Waals surface area (Å²) in [5, 5.41) is 29.4. The lowest BCUT2D eigenvalue weighted by Gasteiger charge is -2.19. The van der Waals surface area contributed by atoms with Gasteiger partial charge in [0, 0.05) is 23.3 Å². The molecule has 2 unspecified atom stereocenters. The fourth-order valence-corrected chi connectivity index (χ4v) is 2.28. The molecule has 0 aliphatic rings. The maximum absolute atomic E-state index is 10.8. The molecule has 0 heterocycles. The van der Waals surface area contributed by atoms with Gasteiger partial charge in [-0.1, -0.05) is 23.4 Å². The van der Waals surface area contributed by atoms with Gasteiger partial charge >= 0.3 is 0 Å².